The minimum atomic E-state index is -0.986. The first kappa shape index (κ1) is 18.8. The van der Waals surface area contributed by atoms with Crippen LogP contribution in [0.3, 0.4) is 0 Å². The maximum Gasteiger partial charge on any atom is 0.327 e. The van der Waals surface area contributed by atoms with Crippen LogP contribution in [0.2, 0.25) is 0 Å². The Kier molecular flexibility index (Phi) is 6.03. The van der Waals surface area contributed by atoms with Gasteiger partial charge in [0.05, 0.1) is 6.61 Å². The van der Waals surface area contributed by atoms with Crippen LogP contribution in [0.15, 0.2) is 65.8 Å². The minimum Gasteiger partial charge on any atom is -0.465 e. The molecule has 0 saturated carbocycles. The van der Waals surface area contributed by atoms with Gasteiger partial charge in [0.25, 0.3) is 0 Å². The zero-order valence-electron chi connectivity index (χ0n) is 15.0. The lowest BCUT2D eigenvalue weighted by Crippen LogP contribution is -2.27. The lowest BCUT2D eigenvalue weighted by Gasteiger charge is -2.14. The molecule has 0 aliphatic carbocycles. The van der Waals surface area contributed by atoms with Crippen LogP contribution in [-0.2, 0) is 14.3 Å². The Morgan fingerprint density at radius 3 is 2.26 bits per heavy atom. The van der Waals surface area contributed by atoms with Crippen LogP contribution < -0.4 is 0 Å². The average molecular weight is 381 g/mol. The molecule has 27 heavy (non-hydrogen) atoms. The van der Waals surface area contributed by atoms with Crippen LogP contribution in [0.25, 0.3) is 17.1 Å². The second-order valence-electron chi connectivity index (χ2n) is 5.70. The number of hydrogen-bond donors (Lipinski definition) is 0. The van der Waals surface area contributed by atoms with Gasteiger partial charge in [0.1, 0.15) is 0 Å². The van der Waals surface area contributed by atoms with Crippen LogP contribution in [0.5, 0.6) is 0 Å². The van der Waals surface area contributed by atoms with Crippen molar-refractivity contribution in [3.63, 3.8) is 0 Å². The Labute approximate surface area is 161 Å². The Morgan fingerprint density at radius 1 is 1.04 bits per heavy atom. The molecular formula is C20H19N3O3S. The van der Waals surface area contributed by atoms with Crippen molar-refractivity contribution in [2.24, 2.45) is 0 Å². The van der Waals surface area contributed by atoms with Crippen molar-refractivity contribution in [1.82, 2.24) is 14.8 Å². The summed E-state index contributed by atoms with van der Waals surface area (Å²) in [5.74, 6) is -0.225. The Bertz CT molecular complexity index is 926. The predicted molar refractivity (Wildman–Crippen MR) is 104 cm³/mol. The molecule has 0 aliphatic rings. The van der Waals surface area contributed by atoms with Crippen molar-refractivity contribution in [3.05, 3.63) is 60.7 Å². The van der Waals surface area contributed by atoms with Crippen LogP contribution in [0.4, 0.5) is 0 Å². The number of carbonyl (C=O) groups excluding carboxylic acids is 2. The quantitative estimate of drug-likeness (QED) is 0.354. The summed E-state index contributed by atoms with van der Waals surface area (Å²) < 4.78 is 6.88. The first-order valence-corrected chi connectivity index (χ1v) is 9.39. The van der Waals surface area contributed by atoms with E-state index >= 15 is 0 Å². The van der Waals surface area contributed by atoms with E-state index in [1.165, 1.54) is 6.92 Å². The normalized spacial score (nSPS) is 11.8. The fourth-order valence-electron chi connectivity index (χ4n) is 2.55. The maximum absolute atomic E-state index is 12.2. The zero-order valence-corrected chi connectivity index (χ0v) is 15.8. The summed E-state index contributed by atoms with van der Waals surface area (Å²) in [5, 5.41) is 8.02. The lowest BCUT2D eigenvalue weighted by molar-refractivity contribution is -0.144. The van der Waals surface area contributed by atoms with Crippen molar-refractivity contribution >= 4 is 23.5 Å². The summed E-state index contributed by atoms with van der Waals surface area (Å²) in [6, 6.07) is 19.2. The first-order chi connectivity index (χ1) is 13.1. The highest BCUT2D eigenvalue weighted by Crippen LogP contribution is 2.30. The van der Waals surface area contributed by atoms with Crippen molar-refractivity contribution in [2.75, 3.05) is 6.61 Å². The van der Waals surface area contributed by atoms with E-state index in [2.05, 4.69) is 10.2 Å². The van der Waals surface area contributed by atoms with E-state index in [-0.39, 0.29) is 12.4 Å². The van der Waals surface area contributed by atoms with E-state index in [0.717, 1.165) is 23.0 Å². The number of ether oxygens (including phenoxy) is 1. The number of carbonyl (C=O) groups is 2. The summed E-state index contributed by atoms with van der Waals surface area (Å²) in [5.41, 5.74) is 1.73. The van der Waals surface area contributed by atoms with Gasteiger partial charge >= 0.3 is 5.97 Å². The molecule has 1 unspecified atom stereocenters. The molecule has 1 heterocycles. The number of ketones is 1. The molecule has 138 valence electrons. The molecule has 7 heteroatoms. The van der Waals surface area contributed by atoms with Gasteiger partial charge < -0.3 is 4.74 Å². The Morgan fingerprint density at radius 2 is 1.67 bits per heavy atom. The third-order valence-corrected chi connectivity index (χ3v) is 5.01. The SMILES string of the molecule is CCOC(=O)C(Sc1nnc(-c2ccccc2)n1-c1ccccc1)C(C)=O. The molecule has 0 saturated heterocycles. The molecule has 3 aromatic rings. The van der Waals surface area contributed by atoms with Crippen molar-refractivity contribution in [2.45, 2.75) is 24.3 Å². The van der Waals surface area contributed by atoms with Crippen LogP contribution in [-0.4, -0.2) is 38.4 Å². The number of para-hydroxylation sites is 1. The minimum absolute atomic E-state index is 0.212. The van der Waals surface area contributed by atoms with E-state index in [1.807, 2.05) is 65.2 Å². The van der Waals surface area contributed by atoms with Gasteiger partial charge in [0, 0.05) is 11.3 Å². The third-order valence-electron chi connectivity index (χ3n) is 3.77. The number of Topliss-reactive ketones (excluding diaryl/α,β-unsaturated/α-hetero) is 1. The van der Waals surface area contributed by atoms with E-state index < -0.39 is 11.2 Å². The van der Waals surface area contributed by atoms with E-state index in [9.17, 15) is 9.59 Å². The topological polar surface area (TPSA) is 74.1 Å². The highest BCUT2D eigenvalue weighted by molar-refractivity contribution is 8.01. The molecule has 6 nitrogen and oxygen atoms in total. The number of benzene rings is 2. The highest BCUT2D eigenvalue weighted by Gasteiger charge is 2.29. The van der Waals surface area contributed by atoms with Gasteiger partial charge in [-0.3, -0.25) is 14.2 Å². The van der Waals surface area contributed by atoms with E-state index in [0.29, 0.717) is 11.0 Å². The van der Waals surface area contributed by atoms with E-state index in [1.54, 1.807) is 6.92 Å². The molecular weight excluding hydrogens is 362 g/mol. The number of nitrogens with zero attached hydrogens (tertiary/aromatic N) is 3. The predicted octanol–water partition coefficient (Wildman–Crippen LogP) is 3.55. The molecule has 0 spiro atoms. The summed E-state index contributed by atoms with van der Waals surface area (Å²) in [6.45, 7) is 3.29. The molecule has 0 bridgehead atoms. The summed E-state index contributed by atoms with van der Waals surface area (Å²) in [4.78, 5) is 24.2. The van der Waals surface area contributed by atoms with Crippen LogP contribution in [0, 0.1) is 0 Å². The molecule has 1 aromatic heterocycles. The fraction of sp³-hybridized carbons (Fsp3) is 0.200. The summed E-state index contributed by atoms with van der Waals surface area (Å²) in [6.07, 6.45) is 0. The third kappa shape index (κ3) is 4.25. The second-order valence-corrected chi connectivity index (χ2v) is 6.78. The average Bonchev–Trinajstić information content (AvgIpc) is 3.11. The second kappa shape index (κ2) is 8.64. The first-order valence-electron chi connectivity index (χ1n) is 8.51. The molecule has 0 N–H and O–H groups in total. The molecule has 3 rings (SSSR count). The Hall–Kier alpha value is -2.93. The Balaban J connectivity index is 2.07. The summed E-state index contributed by atoms with van der Waals surface area (Å²) in [7, 11) is 0. The van der Waals surface area contributed by atoms with Gasteiger partial charge in [0.15, 0.2) is 22.0 Å². The fourth-order valence-corrected chi connectivity index (χ4v) is 3.48. The molecule has 0 fully saturated rings. The maximum atomic E-state index is 12.2. The molecule has 0 aliphatic heterocycles. The number of aromatic nitrogens is 3. The van der Waals surface area contributed by atoms with Gasteiger partial charge in [-0.1, -0.05) is 60.3 Å². The smallest absolute Gasteiger partial charge is 0.327 e. The molecule has 0 amide bonds. The number of hydrogen-bond acceptors (Lipinski definition) is 6. The monoisotopic (exact) mass is 381 g/mol. The standard InChI is InChI=1S/C20H19N3O3S/c1-3-26-19(25)17(14(2)24)27-20-22-21-18(15-10-6-4-7-11-15)23(20)16-12-8-5-9-13-16/h4-13,17H,3H2,1-2H3. The number of thioether (sulfide) groups is 1. The largest absolute Gasteiger partial charge is 0.465 e. The lowest BCUT2D eigenvalue weighted by atomic mass is 10.2. The molecule has 2 aromatic carbocycles. The van der Waals surface area contributed by atoms with Crippen LogP contribution >= 0.6 is 11.8 Å². The highest BCUT2D eigenvalue weighted by atomic mass is 32.2. The van der Waals surface area contributed by atoms with Gasteiger partial charge in [-0.2, -0.15) is 0 Å². The van der Waals surface area contributed by atoms with Crippen molar-refractivity contribution in [1.29, 1.82) is 0 Å². The van der Waals surface area contributed by atoms with Gasteiger partial charge in [-0.05, 0) is 26.0 Å². The number of esters is 1. The zero-order chi connectivity index (χ0) is 19.2. The van der Waals surface area contributed by atoms with Crippen molar-refractivity contribution in [3.8, 4) is 17.1 Å². The van der Waals surface area contributed by atoms with Gasteiger partial charge in [-0.15, -0.1) is 10.2 Å². The molecule has 0 radical (unpaired) electrons. The van der Waals surface area contributed by atoms with Gasteiger partial charge in [0.2, 0.25) is 0 Å². The van der Waals surface area contributed by atoms with Gasteiger partial charge in [-0.25, -0.2) is 0 Å². The van der Waals surface area contributed by atoms with Crippen LogP contribution in [0.1, 0.15) is 13.8 Å². The van der Waals surface area contributed by atoms with Crippen molar-refractivity contribution < 1.29 is 14.3 Å². The summed E-state index contributed by atoms with van der Waals surface area (Å²) >= 11 is 1.05. The number of rotatable bonds is 7. The van der Waals surface area contributed by atoms with E-state index in [4.69, 9.17) is 4.74 Å². The molecule has 1 atom stereocenters.